The van der Waals surface area contributed by atoms with Gasteiger partial charge in [-0.05, 0) is 50.6 Å². The van der Waals surface area contributed by atoms with E-state index in [2.05, 4.69) is 13.5 Å². The molecule has 0 aliphatic heterocycles. The van der Waals surface area contributed by atoms with Gasteiger partial charge in [-0.25, -0.2) is 0 Å². The predicted octanol–water partition coefficient (Wildman–Crippen LogP) is 3.82. The number of hydrogen-bond acceptors (Lipinski definition) is 2. The molecule has 2 nitrogen and oxygen atoms in total. The lowest BCUT2D eigenvalue weighted by Gasteiger charge is -2.22. The minimum atomic E-state index is -0.341. The Morgan fingerprint density at radius 2 is 1.75 bits per heavy atom. The molecular weight excluding hydrogens is 200 g/mol. The number of benzene rings is 1. The van der Waals surface area contributed by atoms with Crippen molar-refractivity contribution in [1.29, 1.82) is 0 Å². The molecule has 88 valence electrons. The van der Waals surface area contributed by atoms with Crippen LogP contribution in [-0.2, 0) is 0 Å². The molecule has 1 aromatic rings. The van der Waals surface area contributed by atoms with Gasteiger partial charge in [-0.15, -0.1) is 0 Å². The normalized spacial score (nSPS) is 10.9. The van der Waals surface area contributed by atoms with Crippen molar-refractivity contribution in [3.8, 4) is 11.5 Å². The number of hydrogen-bond donors (Lipinski definition) is 0. The molecule has 16 heavy (non-hydrogen) atoms. The van der Waals surface area contributed by atoms with Crippen molar-refractivity contribution in [3.63, 3.8) is 0 Å². The molecule has 0 aliphatic carbocycles. The first kappa shape index (κ1) is 12.6. The number of ether oxygens (including phenoxy) is 2. The third-order valence-corrected chi connectivity index (χ3v) is 2.17. The SMILES string of the molecule is C=CC(C)(C)Oc1ccc(OCCC)cc1. The van der Waals surface area contributed by atoms with Crippen LogP contribution in [-0.4, -0.2) is 12.2 Å². The molecule has 0 heterocycles. The zero-order valence-corrected chi connectivity index (χ0v) is 10.3. The van der Waals surface area contributed by atoms with Crippen molar-refractivity contribution in [2.45, 2.75) is 32.8 Å². The molecule has 1 aromatic carbocycles. The Morgan fingerprint density at radius 3 is 2.25 bits per heavy atom. The fourth-order valence-corrected chi connectivity index (χ4v) is 1.17. The monoisotopic (exact) mass is 220 g/mol. The summed E-state index contributed by atoms with van der Waals surface area (Å²) in [6, 6.07) is 7.67. The molecule has 0 bridgehead atoms. The summed E-state index contributed by atoms with van der Waals surface area (Å²) in [5.74, 6) is 1.71. The summed E-state index contributed by atoms with van der Waals surface area (Å²) in [5.41, 5.74) is -0.341. The fraction of sp³-hybridized carbons (Fsp3) is 0.429. The molecule has 0 saturated carbocycles. The van der Waals surface area contributed by atoms with Crippen LogP contribution in [0.2, 0.25) is 0 Å². The van der Waals surface area contributed by atoms with E-state index in [1.165, 1.54) is 0 Å². The van der Waals surface area contributed by atoms with Gasteiger partial charge in [0.25, 0.3) is 0 Å². The van der Waals surface area contributed by atoms with Crippen LogP contribution in [0.4, 0.5) is 0 Å². The van der Waals surface area contributed by atoms with Gasteiger partial charge in [0, 0.05) is 0 Å². The van der Waals surface area contributed by atoms with Gasteiger partial charge in [0.05, 0.1) is 6.61 Å². The highest BCUT2D eigenvalue weighted by molar-refractivity contribution is 5.31. The molecule has 0 atom stereocenters. The smallest absolute Gasteiger partial charge is 0.121 e. The van der Waals surface area contributed by atoms with Crippen molar-refractivity contribution in [1.82, 2.24) is 0 Å². The molecule has 0 unspecified atom stereocenters. The van der Waals surface area contributed by atoms with Gasteiger partial charge in [-0.2, -0.15) is 0 Å². The third kappa shape index (κ3) is 3.97. The molecule has 0 aliphatic rings. The van der Waals surface area contributed by atoms with E-state index in [9.17, 15) is 0 Å². The average molecular weight is 220 g/mol. The standard InChI is InChI=1S/C14H20O2/c1-5-11-15-12-7-9-13(10-8-12)16-14(3,4)6-2/h6-10H,2,5,11H2,1,3-4H3. The Kier molecular flexibility index (Phi) is 4.41. The second kappa shape index (κ2) is 5.59. The van der Waals surface area contributed by atoms with Crippen molar-refractivity contribution in [2.24, 2.45) is 0 Å². The summed E-state index contributed by atoms with van der Waals surface area (Å²) in [6.07, 6.45) is 2.80. The van der Waals surface area contributed by atoms with Crippen LogP contribution in [0.25, 0.3) is 0 Å². The molecule has 2 heteroatoms. The zero-order chi connectivity index (χ0) is 12.0. The van der Waals surface area contributed by atoms with Crippen LogP contribution >= 0.6 is 0 Å². The first-order valence-corrected chi connectivity index (χ1v) is 5.63. The Morgan fingerprint density at radius 1 is 1.19 bits per heavy atom. The van der Waals surface area contributed by atoms with Gasteiger partial charge in [-0.3, -0.25) is 0 Å². The molecule has 1 rings (SSSR count). The van der Waals surface area contributed by atoms with Gasteiger partial charge in [-0.1, -0.05) is 13.5 Å². The van der Waals surface area contributed by atoms with E-state index in [1.54, 1.807) is 6.08 Å². The van der Waals surface area contributed by atoms with Crippen LogP contribution in [0.1, 0.15) is 27.2 Å². The maximum absolute atomic E-state index is 5.74. The van der Waals surface area contributed by atoms with Gasteiger partial charge < -0.3 is 9.47 Å². The van der Waals surface area contributed by atoms with Gasteiger partial charge in [0.2, 0.25) is 0 Å². The molecule has 0 N–H and O–H groups in total. The quantitative estimate of drug-likeness (QED) is 0.678. The molecule has 0 saturated heterocycles. The summed E-state index contributed by atoms with van der Waals surface area (Å²) < 4.78 is 11.2. The minimum absolute atomic E-state index is 0.341. The summed E-state index contributed by atoms with van der Waals surface area (Å²) >= 11 is 0. The predicted molar refractivity (Wildman–Crippen MR) is 67.1 cm³/mol. The highest BCUT2D eigenvalue weighted by Gasteiger charge is 2.14. The summed E-state index contributed by atoms with van der Waals surface area (Å²) in [6.45, 7) is 10.5. The first-order chi connectivity index (χ1) is 7.57. The molecule has 0 spiro atoms. The van der Waals surface area contributed by atoms with Crippen LogP contribution in [0.3, 0.4) is 0 Å². The van der Waals surface area contributed by atoms with Crippen molar-refractivity contribution in [3.05, 3.63) is 36.9 Å². The van der Waals surface area contributed by atoms with E-state index < -0.39 is 0 Å². The minimum Gasteiger partial charge on any atom is -0.494 e. The fourth-order valence-electron chi connectivity index (χ4n) is 1.17. The summed E-state index contributed by atoms with van der Waals surface area (Å²) in [4.78, 5) is 0. The van der Waals surface area contributed by atoms with Gasteiger partial charge >= 0.3 is 0 Å². The molecule has 0 amide bonds. The van der Waals surface area contributed by atoms with E-state index in [0.29, 0.717) is 0 Å². The maximum atomic E-state index is 5.74. The highest BCUT2D eigenvalue weighted by atomic mass is 16.5. The first-order valence-electron chi connectivity index (χ1n) is 5.63. The molecule has 0 aromatic heterocycles. The maximum Gasteiger partial charge on any atom is 0.121 e. The lowest BCUT2D eigenvalue weighted by molar-refractivity contribution is 0.162. The van der Waals surface area contributed by atoms with E-state index >= 15 is 0 Å². The van der Waals surface area contributed by atoms with E-state index in [4.69, 9.17) is 9.47 Å². The molecule has 0 fully saturated rings. The lowest BCUT2D eigenvalue weighted by atomic mass is 10.1. The Labute approximate surface area is 97.9 Å². The van der Waals surface area contributed by atoms with Crippen molar-refractivity contribution in [2.75, 3.05) is 6.61 Å². The van der Waals surface area contributed by atoms with Crippen molar-refractivity contribution < 1.29 is 9.47 Å². The molecule has 0 radical (unpaired) electrons. The lowest BCUT2D eigenvalue weighted by Crippen LogP contribution is -2.24. The number of rotatable bonds is 6. The van der Waals surface area contributed by atoms with E-state index in [1.807, 2.05) is 38.1 Å². The summed E-state index contributed by atoms with van der Waals surface area (Å²) in [5, 5.41) is 0. The second-order valence-corrected chi connectivity index (χ2v) is 4.23. The Hall–Kier alpha value is -1.44. The van der Waals surface area contributed by atoms with Crippen LogP contribution < -0.4 is 9.47 Å². The van der Waals surface area contributed by atoms with E-state index in [-0.39, 0.29) is 5.60 Å². The third-order valence-electron chi connectivity index (χ3n) is 2.17. The van der Waals surface area contributed by atoms with Crippen LogP contribution in [0, 0.1) is 0 Å². The second-order valence-electron chi connectivity index (χ2n) is 4.23. The summed E-state index contributed by atoms with van der Waals surface area (Å²) in [7, 11) is 0. The topological polar surface area (TPSA) is 18.5 Å². The largest absolute Gasteiger partial charge is 0.494 e. The highest BCUT2D eigenvalue weighted by Crippen LogP contribution is 2.22. The Balaban J connectivity index is 2.61. The van der Waals surface area contributed by atoms with Crippen LogP contribution in [0.5, 0.6) is 11.5 Å². The Bertz CT molecular complexity index is 325. The van der Waals surface area contributed by atoms with E-state index in [0.717, 1.165) is 24.5 Å². The molecular formula is C14H20O2. The van der Waals surface area contributed by atoms with Crippen molar-refractivity contribution >= 4 is 0 Å². The average Bonchev–Trinajstić information content (AvgIpc) is 2.28. The van der Waals surface area contributed by atoms with Gasteiger partial charge in [0.15, 0.2) is 0 Å². The zero-order valence-electron chi connectivity index (χ0n) is 10.3. The van der Waals surface area contributed by atoms with Gasteiger partial charge in [0.1, 0.15) is 17.1 Å². The van der Waals surface area contributed by atoms with Crippen LogP contribution in [0.15, 0.2) is 36.9 Å².